The first-order valence-electron chi connectivity index (χ1n) is 11.2. The second-order valence-electron chi connectivity index (χ2n) is 7.99. The molecule has 0 spiro atoms. The van der Waals surface area contributed by atoms with Crippen molar-refractivity contribution >= 4 is 29.1 Å². The Labute approximate surface area is 202 Å². The number of likely N-dealkylation sites (N-methyl/N-ethyl adjacent to an activating group) is 1. The lowest BCUT2D eigenvalue weighted by Gasteiger charge is -2.28. The molecule has 1 aliphatic heterocycles. The summed E-state index contributed by atoms with van der Waals surface area (Å²) in [5.41, 5.74) is 0.0461. The highest BCUT2D eigenvalue weighted by molar-refractivity contribution is 6.46. The molecule has 184 valence electrons. The van der Waals surface area contributed by atoms with Gasteiger partial charge in [0, 0.05) is 37.7 Å². The number of benzene rings is 2. The van der Waals surface area contributed by atoms with E-state index in [9.17, 15) is 29.6 Å². The topological polar surface area (TPSA) is 130 Å². The molecular formula is C25H27N3O7. The zero-order chi connectivity index (χ0) is 25.7. The maximum absolute atomic E-state index is 13.1. The van der Waals surface area contributed by atoms with Crippen LogP contribution in [0.15, 0.2) is 54.1 Å². The Morgan fingerprint density at radius 1 is 1.14 bits per heavy atom. The Hall–Kier alpha value is -4.05. The number of carbonyl (C=O) groups is 3. The smallest absolute Gasteiger partial charge is 0.308 e. The Bertz CT molecular complexity index is 1190. The van der Waals surface area contributed by atoms with Gasteiger partial charge in [0.05, 0.1) is 16.5 Å². The minimum Gasteiger partial charge on any atom is -0.507 e. The Morgan fingerprint density at radius 2 is 1.83 bits per heavy atom. The molecule has 1 unspecified atom stereocenters. The summed E-state index contributed by atoms with van der Waals surface area (Å²) in [6.45, 7) is 7.43. The molecule has 1 amide bonds. The number of amides is 1. The van der Waals surface area contributed by atoms with Crippen LogP contribution in [0, 0.1) is 10.1 Å². The molecule has 3 rings (SSSR count). The van der Waals surface area contributed by atoms with Gasteiger partial charge in [-0.05, 0) is 30.8 Å². The minimum absolute atomic E-state index is 0.0436. The van der Waals surface area contributed by atoms with Gasteiger partial charge in [-0.25, -0.2) is 0 Å². The quantitative estimate of drug-likeness (QED) is 0.110. The predicted octanol–water partition coefficient (Wildman–Crippen LogP) is 3.28. The van der Waals surface area contributed by atoms with Gasteiger partial charge in [-0.3, -0.25) is 24.5 Å². The van der Waals surface area contributed by atoms with Crippen molar-refractivity contribution in [2.75, 3.05) is 26.2 Å². The number of rotatable bonds is 9. The number of carbonyl (C=O) groups excluding carboxylic acids is 3. The summed E-state index contributed by atoms with van der Waals surface area (Å²) in [5.74, 6) is -2.50. The molecule has 35 heavy (non-hydrogen) atoms. The lowest BCUT2D eigenvalue weighted by Crippen LogP contribution is -2.38. The summed E-state index contributed by atoms with van der Waals surface area (Å²) in [7, 11) is 0. The molecule has 0 radical (unpaired) electrons. The standard InChI is InChI=1S/C25H27N3O7/c1-4-26(5-2)12-13-27-22(17-8-7-11-20(15-17)35-16(3)29)21(24(31)25(27)32)23(30)18-9-6-10-19(14-18)28(33)34/h6-11,14-15,22,30H,4-5,12-13H2,1-3H3/b23-21-. The van der Waals surface area contributed by atoms with Crippen LogP contribution in [0.2, 0.25) is 0 Å². The van der Waals surface area contributed by atoms with Crippen molar-refractivity contribution in [3.8, 4) is 5.75 Å². The van der Waals surface area contributed by atoms with Gasteiger partial charge in [0.2, 0.25) is 0 Å². The summed E-state index contributed by atoms with van der Waals surface area (Å²) < 4.78 is 5.17. The molecule has 1 aliphatic rings. The van der Waals surface area contributed by atoms with Crippen LogP contribution in [0.4, 0.5) is 5.69 Å². The van der Waals surface area contributed by atoms with E-state index in [4.69, 9.17) is 4.74 Å². The molecule has 1 saturated heterocycles. The van der Waals surface area contributed by atoms with Gasteiger partial charge in [0.15, 0.2) is 0 Å². The fraction of sp³-hybridized carbons (Fsp3) is 0.320. The van der Waals surface area contributed by atoms with E-state index in [2.05, 4.69) is 4.90 Å². The molecule has 0 saturated carbocycles. The van der Waals surface area contributed by atoms with Crippen LogP contribution in [-0.4, -0.2) is 63.7 Å². The summed E-state index contributed by atoms with van der Waals surface area (Å²) in [4.78, 5) is 51.7. The Kier molecular flexibility index (Phi) is 7.98. The van der Waals surface area contributed by atoms with Gasteiger partial charge in [0.1, 0.15) is 11.5 Å². The average molecular weight is 482 g/mol. The number of nitrogens with zero attached hydrogens (tertiary/aromatic N) is 3. The monoisotopic (exact) mass is 481 g/mol. The molecule has 2 aromatic rings. The third-order valence-corrected chi connectivity index (χ3v) is 5.86. The third kappa shape index (κ3) is 5.55. The first-order chi connectivity index (χ1) is 16.7. The van der Waals surface area contributed by atoms with Crippen molar-refractivity contribution < 1.29 is 29.2 Å². The van der Waals surface area contributed by atoms with Crippen molar-refractivity contribution in [1.29, 1.82) is 0 Å². The fourth-order valence-corrected chi connectivity index (χ4v) is 4.08. The zero-order valence-electron chi connectivity index (χ0n) is 19.8. The van der Waals surface area contributed by atoms with Gasteiger partial charge >= 0.3 is 5.97 Å². The highest BCUT2D eigenvalue weighted by Crippen LogP contribution is 2.40. The maximum Gasteiger partial charge on any atom is 0.308 e. The molecule has 1 atom stereocenters. The molecule has 10 nitrogen and oxygen atoms in total. The number of aliphatic hydroxyl groups excluding tert-OH is 1. The number of non-ortho nitro benzene ring substituents is 1. The van der Waals surface area contributed by atoms with E-state index in [-0.39, 0.29) is 29.1 Å². The van der Waals surface area contributed by atoms with Crippen molar-refractivity contribution in [2.45, 2.75) is 26.8 Å². The summed E-state index contributed by atoms with van der Waals surface area (Å²) >= 11 is 0. The van der Waals surface area contributed by atoms with Gasteiger partial charge < -0.3 is 19.6 Å². The molecule has 10 heteroatoms. The largest absolute Gasteiger partial charge is 0.507 e. The van der Waals surface area contributed by atoms with Crippen LogP contribution in [0.3, 0.4) is 0 Å². The van der Waals surface area contributed by atoms with Crippen LogP contribution < -0.4 is 4.74 Å². The summed E-state index contributed by atoms with van der Waals surface area (Å²) in [5, 5.41) is 22.3. The molecule has 2 aromatic carbocycles. The number of ether oxygens (including phenoxy) is 1. The van der Waals surface area contributed by atoms with Gasteiger partial charge in [0.25, 0.3) is 17.4 Å². The van der Waals surface area contributed by atoms with E-state index >= 15 is 0 Å². The number of likely N-dealkylation sites (tertiary alicyclic amines) is 1. The van der Waals surface area contributed by atoms with Crippen molar-refractivity contribution in [3.63, 3.8) is 0 Å². The molecular weight excluding hydrogens is 454 g/mol. The number of nitro groups is 1. The number of ketones is 1. The Balaban J connectivity index is 2.15. The normalized spacial score (nSPS) is 17.1. The first kappa shape index (κ1) is 25.6. The van der Waals surface area contributed by atoms with Crippen LogP contribution in [0.5, 0.6) is 5.75 Å². The van der Waals surface area contributed by atoms with Crippen molar-refractivity contribution in [1.82, 2.24) is 9.80 Å². The van der Waals surface area contributed by atoms with E-state index in [1.807, 2.05) is 13.8 Å². The lowest BCUT2D eigenvalue weighted by atomic mass is 9.95. The third-order valence-electron chi connectivity index (χ3n) is 5.86. The molecule has 1 heterocycles. The van der Waals surface area contributed by atoms with Crippen LogP contribution in [-0.2, 0) is 14.4 Å². The number of nitro benzene ring substituents is 1. The second kappa shape index (κ2) is 10.9. The molecule has 0 bridgehead atoms. The SMILES string of the molecule is CCN(CC)CCN1C(=O)C(=O)/C(=C(\O)c2cccc([N+](=O)[O-])c2)C1c1cccc(OC(C)=O)c1. The molecule has 0 aliphatic carbocycles. The second-order valence-corrected chi connectivity index (χ2v) is 7.99. The predicted molar refractivity (Wildman–Crippen MR) is 128 cm³/mol. The molecule has 1 N–H and O–H groups in total. The van der Waals surface area contributed by atoms with Crippen LogP contribution in [0.25, 0.3) is 5.76 Å². The number of hydrogen-bond donors (Lipinski definition) is 1. The highest BCUT2D eigenvalue weighted by atomic mass is 16.6. The fourth-order valence-electron chi connectivity index (χ4n) is 4.08. The van der Waals surface area contributed by atoms with Crippen LogP contribution >= 0.6 is 0 Å². The van der Waals surface area contributed by atoms with Crippen molar-refractivity contribution in [3.05, 3.63) is 75.3 Å². The summed E-state index contributed by atoms with van der Waals surface area (Å²) in [6.07, 6.45) is 0. The number of aliphatic hydroxyl groups is 1. The van der Waals surface area contributed by atoms with Crippen molar-refractivity contribution in [2.24, 2.45) is 0 Å². The average Bonchev–Trinajstić information content (AvgIpc) is 3.09. The highest BCUT2D eigenvalue weighted by Gasteiger charge is 2.46. The van der Waals surface area contributed by atoms with E-state index < -0.39 is 34.4 Å². The van der Waals surface area contributed by atoms with Gasteiger partial charge in [-0.2, -0.15) is 0 Å². The molecule has 0 aromatic heterocycles. The van der Waals surface area contributed by atoms with E-state index in [0.29, 0.717) is 12.1 Å². The number of esters is 1. The maximum atomic E-state index is 13.1. The van der Waals surface area contributed by atoms with Gasteiger partial charge in [-0.1, -0.05) is 38.1 Å². The van der Waals surface area contributed by atoms with E-state index in [1.165, 1.54) is 36.1 Å². The van der Waals surface area contributed by atoms with E-state index in [1.54, 1.807) is 18.2 Å². The number of Topliss-reactive ketones (excluding diaryl/α,β-unsaturated/α-hetero) is 1. The first-order valence-corrected chi connectivity index (χ1v) is 11.2. The summed E-state index contributed by atoms with van der Waals surface area (Å²) in [6, 6.07) is 10.6. The minimum atomic E-state index is -0.972. The lowest BCUT2D eigenvalue weighted by molar-refractivity contribution is -0.384. The Morgan fingerprint density at radius 3 is 2.46 bits per heavy atom. The number of hydrogen-bond acceptors (Lipinski definition) is 8. The van der Waals surface area contributed by atoms with Crippen LogP contribution in [0.1, 0.15) is 37.9 Å². The van der Waals surface area contributed by atoms with E-state index in [0.717, 1.165) is 19.2 Å². The van der Waals surface area contributed by atoms with Gasteiger partial charge in [-0.15, -0.1) is 0 Å². The zero-order valence-corrected chi connectivity index (χ0v) is 19.8. The molecule has 1 fully saturated rings.